The molecule has 0 fully saturated rings. The number of aromatic nitrogens is 1. The molecule has 6 heteroatoms. The van der Waals surface area contributed by atoms with Crippen molar-refractivity contribution in [3.05, 3.63) is 47.9 Å². The van der Waals surface area contributed by atoms with Crippen LogP contribution >= 0.6 is 0 Å². The molecule has 0 spiro atoms. The fourth-order valence-corrected chi connectivity index (χ4v) is 1.49. The zero-order chi connectivity index (χ0) is 13.3. The smallest absolute Gasteiger partial charge is 0.416 e. The fourth-order valence-electron chi connectivity index (χ4n) is 1.49. The number of aromatic hydroxyl groups is 1. The Kier molecular flexibility index (Phi) is 2.94. The third kappa shape index (κ3) is 2.27. The van der Waals surface area contributed by atoms with Gasteiger partial charge in [0.05, 0.1) is 5.56 Å². The predicted octanol–water partition coefficient (Wildman–Crippen LogP) is 3.61. The molecule has 0 aliphatic carbocycles. The number of alkyl halides is 3. The van der Waals surface area contributed by atoms with E-state index < -0.39 is 17.6 Å². The average Bonchev–Trinajstić information content (AvgIpc) is 2.29. The lowest BCUT2D eigenvalue weighted by atomic mass is 10.1. The Bertz CT molecular complexity index is 581. The first-order valence-corrected chi connectivity index (χ1v) is 4.90. The van der Waals surface area contributed by atoms with E-state index in [-0.39, 0.29) is 17.0 Å². The van der Waals surface area contributed by atoms with E-state index in [4.69, 9.17) is 0 Å². The van der Waals surface area contributed by atoms with E-state index in [9.17, 15) is 22.7 Å². The number of hydrogen-bond acceptors (Lipinski definition) is 2. The molecule has 0 bridgehead atoms. The number of halogens is 4. The molecule has 1 aromatic carbocycles. The summed E-state index contributed by atoms with van der Waals surface area (Å²) >= 11 is 0. The number of nitrogens with zero attached hydrogens (tertiary/aromatic N) is 1. The predicted molar refractivity (Wildman–Crippen MR) is 56.3 cm³/mol. The Morgan fingerprint density at radius 2 is 1.83 bits per heavy atom. The summed E-state index contributed by atoms with van der Waals surface area (Å²) in [6.07, 6.45) is -3.29. The first kappa shape index (κ1) is 12.3. The van der Waals surface area contributed by atoms with Crippen LogP contribution in [0.2, 0.25) is 0 Å². The number of rotatable bonds is 1. The minimum absolute atomic E-state index is 0.0938. The summed E-state index contributed by atoms with van der Waals surface area (Å²) < 4.78 is 50.6. The van der Waals surface area contributed by atoms with Gasteiger partial charge >= 0.3 is 6.18 Å². The van der Waals surface area contributed by atoms with E-state index in [0.29, 0.717) is 6.07 Å². The zero-order valence-corrected chi connectivity index (χ0v) is 8.87. The van der Waals surface area contributed by atoms with Gasteiger partial charge < -0.3 is 5.11 Å². The molecule has 2 nitrogen and oxygen atoms in total. The van der Waals surface area contributed by atoms with E-state index in [0.717, 1.165) is 12.1 Å². The third-order valence-corrected chi connectivity index (χ3v) is 2.34. The summed E-state index contributed by atoms with van der Waals surface area (Å²) in [7, 11) is 0. The molecular formula is C12H7F4NO. The van der Waals surface area contributed by atoms with Crippen LogP contribution in [0.1, 0.15) is 5.56 Å². The van der Waals surface area contributed by atoms with Crippen molar-refractivity contribution >= 4 is 0 Å². The summed E-state index contributed by atoms with van der Waals surface area (Å²) in [5.74, 6) is -1.38. The first-order valence-electron chi connectivity index (χ1n) is 4.90. The lowest BCUT2D eigenvalue weighted by molar-refractivity contribution is -0.137. The maximum Gasteiger partial charge on any atom is 0.416 e. The molecule has 0 aliphatic rings. The van der Waals surface area contributed by atoms with Crippen LogP contribution in [0.25, 0.3) is 11.3 Å². The van der Waals surface area contributed by atoms with Gasteiger partial charge in [-0.1, -0.05) is 0 Å². The van der Waals surface area contributed by atoms with E-state index in [1.807, 2.05) is 0 Å². The van der Waals surface area contributed by atoms with Crippen molar-refractivity contribution in [1.29, 1.82) is 0 Å². The van der Waals surface area contributed by atoms with Gasteiger partial charge in [-0.05, 0) is 30.3 Å². The lowest BCUT2D eigenvalue weighted by Gasteiger charge is -2.09. The molecule has 1 N–H and O–H groups in total. The topological polar surface area (TPSA) is 33.1 Å². The maximum atomic E-state index is 13.6. The monoisotopic (exact) mass is 257 g/mol. The summed E-state index contributed by atoms with van der Waals surface area (Å²) in [5, 5.41) is 9.47. The molecule has 0 saturated heterocycles. The standard InChI is InChI=1S/C12H7F4NO/c13-9-6-7(12(14,15)16)3-4-8(9)11-10(18)2-1-5-17-11/h1-6,18H. The highest BCUT2D eigenvalue weighted by Crippen LogP contribution is 2.34. The zero-order valence-electron chi connectivity index (χ0n) is 8.87. The lowest BCUT2D eigenvalue weighted by Crippen LogP contribution is -2.05. The molecule has 18 heavy (non-hydrogen) atoms. The van der Waals surface area contributed by atoms with Gasteiger partial charge in [0.25, 0.3) is 0 Å². The fraction of sp³-hybridized carbons (Fsp3) is 0.0833. The molecule has 0 radical (unpaired) electrons. The minimum atomic E-state index is -4.61. The van der Waals surface area contributed by atoms with Gasteiger partial charge in [-0.25, -0.2) is 4.39 Å². The Hall–Kier alpha value is -2.11. The van der Waals surface area contributed by atoms with E-state index in [2.05, 4.69) is 4.98 Å². The number of pyridine rings is 1. The number of hydrogen-bond donors (Lipinski definition) is 1. The van der Waals surface area contributed by atoms with Gasteiger partial charge in [0.1, 0.15) is 17.3 Å². The summed E-state index contributed by atoms with van der Waals surface area (Å²) in [4.78, 5) is 3.73. The van der Waals surface area contributed by atoms with Crippen molar-refractivity contribution in [3.8, 4) is 17.0 Å². The SMILES string of the molecule is Oc1cccnc1-c1ccc(C(F)(F)F)cc1F. The van der Waals surface area contributed by atoms with Gasteiger partial charge in [0.2, 0.25) is 0 Å². The van der Waals surface area contributed by atoms with Crippen LogP contribution in [0.5, 0.6) is 5.75 Å². The summed E-state index contributed by atoms with van der Waals surface area (Å²) in [5.41, 5.74) is -1.36. The largest absolute Gasteiger partial charge is 0.506 e. The molecule has 0 aliphatic heterocycles. The quantitative estimate of drug-likeness (QED) is 0.791. The van der Waals surface area contributed by atoms with Gasteiger partial charge in [-0.3, -0.25) is 4.98 Å². The Morgan fingerprint density at radius 1 is 1.11 bits per heavy atom. The van der Waals surface area contributed by atoms with Gasteiger partial charge in [-0.15, -0.1) is 0 Å². The van der Waals surface area contributed by atoms with Crippen LogP contribution in [0.4, 0.5) is 17.6 Å². The molecule has 1 aromatic heterocycles. The maximum absolute atomic E-state index is 13.6. The highest BCUT2D eigenvalue weighted by molar-refractivity contribution is 5.66. The Balaban J connectivity index is 2.52. The van der Waals surface area contributed by atoms with Crippen molar-refractivity contribution in [2.24, 2.45) is 0 Å². The van der Waals surface area contributed by atoms with E-state index in [1.165, 1.54) is 18.3 Å². The van der Waals surface area contributed by atoms with Crippen LogP contribution in [-0.2, 0) is 6.18 Å². The highest BCUT2D eigenvalue weighted by Gasteiger charge is 2.31. The van der Waals surface area contributed by atoms with Crippen LogP contribution in [-0.4, -0.2) is 10.1 Å². The second-order valence-corrected chi connectivity index (χ2v) is 3.56. The normalized spacial score (nSPS) is 11.6. The first-order chi connectivity index (χ1) is 8.39. The van der Waals surface area contributed by atoms with Gasteiger partial charge in [0.15, 0.2) is 0 Å². The molecule has 94 valence electrons. The molecule has 2 aromatic rings. The van der Waals surface area contributed by atoms with Gasteiger partial charge in [0, 0.05) is 11.8 Å². The van der Waals surface area contributed by atoms with E-state index in [1.54, 1.807) is 0 Å². The molecule has 0 amide bonds. The molecule has 0 atom stereocenters. The van der Waals surface area contributed by atoms with Gasteiger partial charge in [-0.2, -0.15) is 13.2 Å². The van der Waals surface area contributed by atoms with Crippen LogP contribution in [0.3, 0.4) is 0 Å². The molecule has 0 unspecified atom stereocenters. The van der Waals surface area contributed by atoms with Crippen molar-refractivity contribution in [1.82, 2.24) is 4.98 Å². The average molecular weight is 257 g/mol. The second-order valence-electron chi connectivity index (χ2n) is 3.56. The minimum Gasteiger partial charge on any atom is -0.506 e. The van der Waals surface area contributed by atoms with Crippen LogP contribution < -0.4 is 0 Å². The summed E-state index contributed by atoms with van der Waals surface area (Å²) in [6.45, 7) is 0. The van der Waals surface area contributed by atoms with Crippen LogP contribution in [0.15, 0.2) is 36.5 Å². The van der Waals surface area contributed by atoms with Crippen molar-refractivity contribution < 1.29 is 22.7 Å². The van der Waals surface area contributed by atoms with Crippen molar-refractivity contribution in [3.63, 3.8) is 0 Å². The molecule has 2 rings (SSSR count). The second kappa shape index (κ2) is 4.29. The number of benzene rings is 1. The van der Waals surface area contributed by atoms with Crippen LogP contribution in [0, 0.1) is 5.82 Å². The Labute approximate surface area is 99.5 Å². The molecule has 1 heterocycles. The van der Waals surface area contributed by atoms with E-state index >= 15 is 0 Å². The molecular weight excluding hydrogens is 250 g/mol. The molecule has 0 saturated carbocycles. The third-order valence-electron chi connectivity index (χ3n) is 2.34. The summed E-state index contributed by atoms with van der Waals surface area (Å²) in [6, 6.07) is 4.77. The highest BCUT2D eigenvalue weighted by atomic mass is 19.4. The Morgan fingerprint density at radius 3 is 2.39 bits per heavy atom. The van der Waals surface area contributed by atoms with Crippen molar-refractivity contribution in [2.45, 2.75) is 6.18 Å². The van der Waals surface area contributed by atoms with Crippen molar-refractivity contribution in [2.75, 3.05) is 0 Å².